The van der Waals surface area contributed by atoms with Crippen LogP contribution in [-0.4, -0.2) is 47.0 Å². The fourth-order valence-electron chi connectivity index (χ4n) is 3.28. The van der Waals surface area contributed by atoms with E-state index in [0.717, 1.165) is 12.0 Å². The second-order valence-corrected chi connectivity index (χ2v) is 8.46. The first kappa shape index (κ1) is 21.7. The van der Waals surface area contributed by atoms with E-state index in [1.165, 1.54) is 0 Å². The summed E-state index contributed by atoms with van der Waals surface area (Å²) >= 11 is 0. The maximum atomic E-state index is 12.8. The molecule has 154 valence electrons. The van der Waals surface area contributed by atoms with Gasteiger partial charge in [0.05, 0.1) is 6.04 Å². The Morgan fingerprint density at radius 1 is 1.25 bits per heavy atom. The molecule has 28 heavy (non-hydrogen) atoms. The Bertz CT molecular complexity index is 709. The van der Waals surface area contributed by atoms with Crippen LogP contribution in [0.15, 0.2) is 24.3 Å². The molecule has 1 heterocycles. The summed E-state index contributed by atoms with van der Waals surface area (Å²) < 4.78 is 5.11. The standard InChI is InChI=1S/C21H30N2O5/c1-14(15-7-9-16(10-8-15)28-13-19(25)26)22-20(27)17-6-5-11-23(17)18(24)12-21(2,3)4/h7-10,14,17H,5-6,11-13H2,1-4H3,(H,22,27)(H,25,26). The molecule has 7 heteroatoms. The van der Waals surface area contributed by atoms with Gasteiger partial charge in [0, 0.05) is 13.0 Å². The number of nitrogens with one attached hydrogen (secondary N) is 1. The van der Waals surface area contributed by atoms with Crippen LogP contribution in [0.4, 0.5) is 0 Å². The van der Waals surface area contributed by atoms with Crippen molar-refractivity contribution >= 4 is 17.8 Å². The molecule has 0 spiro atoms. The average Bonchev–Trinajstić information content (AvgIpc) is 3.09. The van der Waals surface area contributed by atoms with Crippen LogP contribution in [-0.2, 0) is 14.4 Å². The molecule has 1 aliphatic rings. The first-order valence-electron chi connectivity index (χ1n) is 9.61. The molecule has 2 rings (SSSR count). The smallest absolute Gasteiger partial charge is 0.341 e. The van der Waals surface area contributed by atoms with E-state index in [2.05, 4.69) is 5.32 Å². The van der Waals surface area contributed by atoms with Gasteiger partial charge in [-0.2, -0.15) is 0 Å². The topological polar surface area (TPSA) is 95.9 Å². The minimum atomic E-state index is -1.04. The summed E-state index contributed by atoms with van der Waals surface area (Å²) in [5.41, 5.74) is 0.764. The molecule has 0 saturated carbocycles. The molecule has 2 atom stereocenters. The zero-order chi connectivity index (χ0) is 20.9. The van der Waals surface area contributed by atoms with E-state index in [9.17, 15) is 14.4 Å². The fourth-order valence-corrected chi connectivity index (χ4v) is 3.28. The van der Waals surface area contributed by atoms with Crippen molar-refractivity contribution in [3.05, 3.63) is 29.8 Å². The SMILES string of the molecule is CC(NC(=O)C1CCCN1C(=O)CC(C)(C)C)c1ccc(OCC(=O)O)cc1. The maximum Gasteiger partial charge on any atom is 0.341 e. The van der Waals surface area contributed by atoms with E-state index in [1.807, 2.05) is 27.7 Å². The van der Waals surface area contributed by atoms with Gasteiger partial charge in [0.25, 0.3) is 0 Å². The van der Waals surface area contributed by atoms with Gasteiger partial charge in [-0.15, -0.1) is 0 Å². The first-order valence-corrected chi connectivity index (χ1v) is 9.61. The largest absolute Gasteiger partial charge is 0.482 e. The van der Waals surface area contributed by atoms with Crippen LogP contribution in [0, 0.1) is 5.41 Å². The third kappa shape index (κ3) is 6.25. The molecule has 0 aliphatic carbocycles. The predicted molar refractivity (Wildman–Crippen MR) is 105 cm³/mol. The normalized spacial score (nSPS) is 17.9. The lowest BCUT2D eigenvalue weighted by atomic mass is 9.91. The lowest BCUT2D eigenvalue weighted by Gasteiger charge is -2.28. The van der Waals surface area contributed by atoms with Crippen molar-refractivity contribution < 1.29 is 24.2 Å². The highest BCUT2D eigenvalue weighted by molar-refractivity contribution is 5.88. The van der Waals surface area contributed by atoms with Crippen molar-refractivity contribution in [3.8, 4) is 5.75 Å². The Hall–Kier alpha value is -2.57. The Morgan fingerprint density at radius 2 is 1.89 bits per heavy atom. The van der Waals surface area contributed by atoms with Crippen LogP contribution in [0.1, 0.15) is 58.6 Å². The quantitative estimate of drug-likeness (QED) is 0.746. The van der Waals surface area contributed by atoms with Gasteiger partial charge in [-0.25, -0.2) is 4.79 Å². The van der Waals surface area contributed by atoms with Gasteiger partial charge in [-0.3, -0.25) is 9.59 Å². The Balaban J connectivity index is 1.95. The maximum absolute atomic E-state index is 12.8. The molecule has 0 radical (unpaired) electrons. The molecular formula is C21H30N2O5. The highest BCUT2D eigenvalue weighted by atomic mass is 16.5. The van der Waals surface area contributed by atoms with E-state index in [4.69, 9.17) is 9.84 Å². The predicted octanol–water partition coefficient (Wildman–Crippen LogP) is 2.75. The minimum Gasteiger partial charge on any atom is -0.482 e. The summed E-state index contributed by atoms with van der Waals surface area (Å²) in [6.45, 7) is 8.15. The molecule has 0 aromatic heterocycles. The highest BCUT2D eigenvalue weighted by Gasteiger charge is 2.35. The van der Waals surface area contributed by atoms with Gasteiger partial charge in [-0.05, 0) is 42.9 Å². The zero-order valence-electron chi connectivity index (χ0n) is 17.0. The van der Waals surface area contributed by atoms with Crippen molar-refractivity contribution in [3.63, 3.8) is 0 Å². The van der Waals surface area contributed by atoms with Crippen molar-refractivity contribution in [2.75, 3.05) is 13.2 Å². The fraction of sp³-hybridized carbons (Fsp3) is 0.571. The summed E-state index contributed by atoms with van der Waals surface area (Å²) in [5, 5.41) is 11.6. The lowest BCUT2D eigenvalue weighted by molar-refractivity contribution is -0.140. The van der Waals surface area contributed by atoms with E-state index >= 15 is 0 Å². The van der Waals surface area contributed by atoms with Gasteiger partial charge in [0.15, 0.2) is 6.61 Å². The van der Waals surface area contributed by atoms with Gasteiger partial charge in [0.2, 0.25) is 11.8 Å². The van der Waals surface area contributed by atoms with Gasteiger partial charge >= 0.3 is 5.97 Å². The molecule has 1 aromatic rings. The molecule has 2 N–H and O–H groups in total. The summed E-state index contributed by atoms with van der Waals surface area (Å²) in [7, 11) is 0. The number of hydrogen-bond donors (Lipinski definition) is 2. The number of aliphatic carboxylic acids is 1. The Morgan fingerprint density at radius 3 is 2.46 bits per heavy atom. The van der Waals surface area contributed by atoms with E-state index in [0.29, 0.717) is 25.1 Å². The van der Waals surface area contributed by atoms with Crippen molar-refractivity contribution in [1.29, 1.82) is 0 Å². The van der Waals surface area contributed by atoms with Crippen molar-refractivity contribution in [2.45, 2.75) is 59.0 Å². The number of likely N-dealkylation sites (tertiary alicyclic amines) is 1. The zero-order valence-corrected chi connectivity index (χ0v) is 17.0. The molecule has 1 aromatic carbocycles. The monoisotopic (exact) mass is 390 g/mol. The van der Waals surface area contributed by atoms with Crippen LogP contribution in [0.2, 0.25) is 0 Å². The number of benzene rings is 1. The van der Waals surface area contributed by atoms with Gasteiger partial charge in [0.1, 0.15) is 11.8 Å². The number of carbonyl (C=O) groups is 3. The summed E-state index contributed by atoms with van der Waals surface area (Å²) in [6.07, 6.45) is 1.93. The molecule has 1 fully saturated rings. The minimum absolute atomic E-state index is 0.0257. The van der Waals surface area contributed by atoms with Gasteiger partial charge < -0.3 is 20.1 Å². The van der Waals surface area contributed by atoms with Crippen LogP contribution < -0.4 is 10.1 Å². The van der Waals surface area contributed by atoms with E-state index < -0.39 is 18.6 Å². The van der Waals surface area contributed by atoms with Crippen molar-refractivity contribution in [2.24, 2.45) is 5.41 Å². The first-order chi connectivity index (χ1) is 13.1. The third-order valence-electron chi connectivity index (χ3n) is 4.66. The molecule has 0 bridgehead atoms. The lowest BCUT2D eigenvalue weighted by Crippen LogP contribution is -2.47. The van der Waals surface area contributed by atoms with Crippen LogP contribution in [0.25, 0.3) is 0 Å². The second-order valence-electron chi connectivity index (χ2n) is 8.46. The Labute approximate surface area is 166 Å². The molecule has 1 aliphatic heterocycles. The number of carboxylic acids is 1. The number of carbonyl (C=O) groups excluding carboxylic acids is 2. The molecule has 2 unspecified atom stereocenters. The third-order valence-corrected chi connectivity index (χ3v) is 4.66. The van der Waals surface area contributed by atoms with Crippen molar-refractivity contribution in [1.82, 2.24) is 10.2 Å². The molecule has 7 nitrogen and oxygen atoms in total. The number of amides is 2. The average molecular weight is 390 g/mol. The Kier molecular flexibility index (Phi) is 7.05. The number of nitrogens with zero attached hydrogens (tertiary/aromatic N) is 1. The number of ether oxygens (including phenoxy) is 1. The van der Waals surface area contributed by atoms with Crippen LogP contribution in [0.5, 0.6) is 5.75 Å². The second kappa shape index (κ2) is 9.08. The number of carboxylic acid groups (broad SMARTS) is 1. The summed E-state index contributed by atoms with van der Waals surface area (Å²) in [4.78, 5) is 37.6. The highest BCUT2D eigenvalue weighted by Crippen LogP contribution is 2.25. The summed E-state index contributed by atoms with van der Waals surface area (Å²) in [5.74, 6) is -0.692. The molecular weight excluding hydrogens is 360 g/mol. The van der Waals surface area contributed by atoms with Crippen LogP contribution in [0.3, 0.4) is 0 Å². The summed E-state index contributed by atoms with van der Waals surface area (Å²) in [6, 6.07) is 6.28. The number of hydrogen-bond acceptors (Lipinski definition) is 4. The van der Waals surface area contributed by atoms with Gasteiger partial charge in [-0.1, -0.05) is 32.9 Å². The van der Waals surface area contributed by atoms with E-state index in [-0.39, 0.29) is 23.3 Å². The molecule has 1 saturated heterocycles. The molecule has 2 amide bonds. The number of rotatable bonds is 7. The van der Waals surface area contributed by atoms with Crippen LogP contribution >= 0.6 is 0 Å². The van der Waals surface area contributed by atoms with E-state index in [1.54, 1.807) is 29.2 Å².